The third kappa shape index (κ3) is 3.80. The Balaban J connectivity index is 2.21. The first-order valence-corrected chi connectivity index (χ1v) is 8.82. The highest BCUT2D eigenvalue weighted by molar-refractivity contribution is 9.09. The number of rotatable bonds is 6. The summed E-state index contributed by atoms with van der Waals surface area (Å²) in [4.78, 5) is 11.9. The zero-order chi connectivity index (χ0) is 16.2. The Labute approximate surface area is 139 Å². The van der Waals surface area contributed by atoms with Crippen molar-refractivity contribution >= 4 is 21.9 Å². The van der Waals surface area contributed by atoms with Crippen molar-refractivity contribution < 1.29 is 18.7 Å². The first-order chi connectivity index (χ1) is 10.5. The lowest BCUT2D eigenvalue weighted by molar-refractivity contribution is 0.0248. The molecule has 0 amide bonds. The Morgan fingerprint density at radius 2 is 2.05 bits per heavy atom. The minimum Gasteiger partial charge on any atom is -0.484 e. The molecule has 0 radical (unpaired) electrons. The largest absolute Gasteiger partial charge is 0.484 e. The van der Waals surface area contributed by atoms with Crippen LogP contribution in [0.5, 0.6) is 5.75 Å². The maximum atomic E-state index is 14.1. The van der Waals surface area contributed by atoms with E-state index in [9.17, 15) is 9.18 Å². The van der Waals surface area contributed by atoms with Gasteiger partial charge in [-0.25, -0.2) is 9.18 Å². The average Bonchev–Trinajstić information content (AvgIpc) is 2.97. The van der Waals surface area contributed by atoms with E-state index < -0.39 is 11.8 Å². The maximum absolute atomic E-state index is 14.1. The van der Waals surface area contributed by atoms with Gasteiger partial charge in [0.05, 0.1) is 5.56 Å². The summed E-state index contributed by atoms with van der Waals surface area (Å²) in [6.07, 6.45) is 4.02. The molecule has 2 rings (SSSR count). The van der Waals surface area contributed by atoms with Gasteiger partial charge in [-0.2, -0.15) is 0 Å². The van der Waals surface area contributed by atoms with Crippen molar-refractivity contribution in [3.05, 3.63) is 29.6 Å². The van der Waals surface area contributed by atoms with Crippen LogP contribution in [0.4, 0.5) is 4.39 Å². The summed E-state index contributed by atoms with van der Waals surface area (Å²) in [5.41, 5.74) is -0.0200. The molecule has 1 aromatic carbocycles. The molecule has 3 nitrogen and oxygen atoms in total. The van der Waals surface area contributed by atoms with Gasteiger partial charge in [0.25, 0.3) is 0 Å². The Kier molecular flexibility index (Phi) is 5.84. The van der Waals surface area contributed by atoms with Gasteiger partial charge in [-0.15, -0.1) is 0 Å². The summed E-state index contributed by atoms with van der Waals surface area (Å²) in [6.45, 7) is 4.47. The SMILES string of the molecule is CC(C)C1(Oc2cc(C(=O)OCCBr)ccc2F)CCCC1. The Morgan fingerprint density at radius 1 is 1.36 bits per heavy atom. The second-order valence-electron chi connectivity index (χ2n) is 6.00. The number of hydrogen-bond donors (Lipinski definition) is 0. The zero-order valence-electron chi connectivity index (χ0n) is 13.0. The lowest BCUT2D eigenvalue weighted by Gasteiger charge is -2.34. The van der Waals surface area contributed by atoms with Crippen molar-refractivity contribution in [1.29, 1.82) is 0 Å². The lowest BCUT2D eigenvalue weighted by atomic mass is 9.88. The lowest BCUT2D eigenvalue weighted by Crippen LogP contribution is -2.38. The van der Waals surface area contributed by atoms with Crippen LogP contribution in [0.1, 0.15) is 49.9 Å². The number of hydrogen-bond acceptors (Lipinski definition) is 3. The van der Waals surface area contributed by atoms with Crippen molar-refractivity contribution in [2.24, 2.45) is 5.92 Å². The molecular formula is C17H22BrFO3. The van der Waals surface area contributed by atoms with Crippen LogP contribution in [0.2, 0.25) is 0 Å². The molecule has 1 fully saturated rings. The van der Waals surface area contributed by atoms with E-state index in [4.69, 9.17) is 9.47 Å². The summed E-state index contributed by atoms with van der Waals surface area (Å²) in [7, 11) is 0. The molecule has 0 atom stereocenters. The normalized spacial score (nSPS) is 16.8. The van der Waals surface area contributed by atoms with Crippen molar-refractivity contribution in [3.63, 3.8) is 0 Å². The number of benzene rings is 1. The molecule has 1 saturated carbocycles. The third-order valence-electron chi connectivity index (χ3n) is 4.29. The van der Waals surface area contributed by atoms with Crippen LogP contribution in [0, 0.1) is 11.7 Å². The molecule has 0 unspecified atom stereocenters. The highest BCUT2D eigenvalue weighted by Crippen LogP contribution is 2.40. The van der Waals surface area contributed by atoms with Gasteiger partial charge in [0.15, 0.2) is 11.6 Å². The fourth-order valence-corrected chi connectivity index (χ4v) is 3.07. The fourth-order valence-electron chi connectivity index (χ4n) is 2.91. The van der Waals surface area contributed by atoms with E-state index in [2.05, 4.69) is 29.8 Å². The van der Waals surface area contributed by atoms with E-state index in [0.29, 0.717) is 16.8 Å². The van der Waals surface area contributed by atoms with Crippen LogP contribution in [-0.4, -0.2) is 23.5 Å². The van der Waals surface area contributed by atoms with E-state index in [1.165, 1.54) is 18.2 Å². The first kappa shape index (κ1) is 17.3. The van der Waals surface area contributed by atoms with Crippen molar-refractivity contribution in [3.8, 4) is 5.75 Å². The zero-order valence-corrected chi connectivity index (χ0v) is 14.6. The monoisotopic (exact) mass is 372 g/mol. The molecule has 0 aliphatic heterocycles. The highest BCUT2D eigenvalue weighted by Gasteiger charge is 2.39. The minimum atomic E-state index is -0.464. The molecule has 1 aliphatic rings. The second-order valence-corrected chi connectivity index (χ2v) is 6.79. The Bertz CT molecular complexity index is 525. The van der Waals surface area contributed by atoms with Crippen molar-refractivity contribution in [1.82, 2.24) is 0 Å². The van der Waals surface area contributed by atoms with Gasteiger partial charge < -0.3 is 9.47 Å². The summed E-state index contributed by atoms with van der Waals surface area (Å²) in [5.74, 6) is -0.472. The predicted octanol–water partition coefficient (Wildman–Crippen LogP) is 4.73. The molecule has 1 aromatic rings. The maximum Gasteiger partial charge on any atom is 0.338 e. The van der Waals surface area contributed by atoms with Crippen molar-refractivity contribution in [2.45, 2.75) is 45.1 Å². The molecule has 0 saturated heterocycles. The number of carbonyl (C=O) groups is 1. The van der Waals surface area contributed by atoms with Crippen LogP contribution in [-0.2, 0) is 4.74 Å². The predicted molar refractivity (Wildman–Crippen MR) is 87.1 cm³/mol. The third-order valence-corrected chi connectivity index (χ3v) is 4.62. The average molecular weight is 373 g/mol. The summed E-state index contributed by atoms with van der Waals surface area (Å²) in [5, 5.41) is 0.569. The van der Waals surface area contributed by atoms with Crippen LogP contribution < -0.4 is 4.74 Å². The van der Waals surface area contributed by atoms with Crippen LogP contribution in [0.15, 0.2) is 18.2 Å². The van der Waals surface area contributed by atoms with E-state index in [1.807, 2.05) is 0 Å². The topological polar surface area (TPSA) is 35.5 Å². The van der Waals surface area contributed by atoms with Gasteiger partial charge in [-0.05, 0) is 49.8 Å². The van der Waals surface area contributed by atoms with Crippen LogP contribution in [0.25, 0.3) is 0 Å². The second kappa shape index (κ2) is 7.44. The molecule has 5 heteroatoms. The fraction of sp³-hybridized carbons (Fsp3) is 0.588. The number of alkyl halides is 1. The van der Waals surface area contributed by atoms with E-state index in [0.717, 1.165) is 25.7 Å². The van der Waals surface area contributed by atoms with E-state index in [1.54, 1.807) is 0 Å². The standard InChI is InChI=1S/C17H22BrFO3/c1-12(2)17(7-3-4-8-17)22-15-11-13(5-6-14(15)19)16(20)21-10-9-18/h5-6,11-12H,3-4,7-10H2,1-2H3. The number of ether oxygens (including phenoxy) is 2. The molecule has 122 valence electrons. The molecule has 0 N–H and O–H groups in total. The Morgan fingerprint density at radius 3 is 2.64 bits per heavy atom. The first-order valence-electron chi connectivity index (χ1n) is 7.70. The number of carbonyl (C=O) groups excluding carboxylic acids is 1. The van der Waals surface area contributed by atoms with Gasteiger partial charge in [-0.1, -0.05) is 29.8 Å². The van der Waals surface area contributed by atoms with E-state index in [-0.39, 0.29) is 18.0 Å². The van der Waals surface area contributed by atoms with Gasteiger partial charge in [0, 0.05) is 5.33 Å². The highest BCUT2D eigenvalue weighted by atomic mass is 79.9. The summed E-state index contributed by atoms with van der Waals surface area (Å²) in [6, 6.07) is 4.15. The molecule has 0 aromatic heterocycles. The quantitative estimate of drug-likeness (QED) is 0.535. The molecule has 22 heavy (non-hydrogen) atoms. The summed E-state index contributed by atoms with van der Waals surface area (Å²) >= 11 is 3.20. The molecule has 1 aliphatic carbocycles. The van der Waals surface area contributed by atoms with Crippen molar-refractivity contribution in [2.75, 3.05) is 11.9 Å². The minimum absolute atomic E-state index is 0.142. The molecule has 0 bridgehead atoms. The van der Waals surface area contributed by atoms with Gasteiger partial charge in [0.1, 0.15) is 12.2 Å². The Hall–Kier alpha value is -1.10. The van der Waals surface area contributed by atoms with E-state index >= 15 is 0 Å². The molecule has 0 spiro atoms. The van der Waals surface area contributed by atoms with Crippen LogP contribution >= 0.6 is 15.9 Å². The molecule has 0 heterocycles. The summed E-state index contributed by atoms with van der Waals surface area (Å²) < 4.78 is 25.2. The smallest absolute Gasteiger partial charge is 0.338 e. The van der Waals surface area contributed by atoms with Gasteiger partial charge in [0.2, 0.25) is 0 Å². The van der Waals surface area contributed by atoms with Gasteiger partial charge >= 0.3 is 5.97 Å². The number of esters is 1. The van der Waals surface area contributed by atoms with Crippen LogP contribution in [0.3, 0.4) is 0 Å². The van der Waals surface area contributed by atoms with Gasteiger partial charge in [-0.3, -0.25) is 0 Å². The number of halogens is 2. The molecular weight excluding hydrogens is 351 g/mol.